The third kappa shape index (κ3) is 3.99. The largest absolute Gasteiger partial charge is 0.453 e. The van der Waals surface area contributed by atoms with Gasteiger partial charge in [-0.15, -0.1) is 11.8 Å². The van der Waals surface area contributed by atoms with Crippen molar-refractivity contribution in [1.82, 2.24) is 0 Å². The number of carbonyl (C=O) groups is 1. The molecule has 0 atom stereocenters. The van der Waals surface area contributed by atoms with Crippen LogP contribution in [0.4, 0.5) is 0 Å². The summed E-state index contributed by atoms with van der Waals surface area (Å²) in [6.45, 7) is 0. The molecule has 0 radical (unpaired) electrons. The van der Waals surface area contributed by atoms with E-state index in [1.54, 1.807) is 23.9 Å². The lowest BCUT2D eigenvalue weighted by Gasteiger charge is -2.05. The topological polar surface area (TPSA) is 30.2 Å². The fourth-order valence-corrected chi connectivity index (χ4v) is 3.24. The van der Waals surface area contributed by atoms with Crippen LogP contribution in [-0.4, -0.2) is 6.29 Å². The first kappa shape index (κ1) is 16.2. The molecule has 116 valence electrons. The van der Waals surface area contributed by atoms with E-state index in [1.165, 1.54) is 0 Å². The third-order valence-electron chi connectivity index (χ3n) is 3.27. The Bertz CT molecular complexity index is 825. The van der Waals surface area contributed by atoms with Crippen LogP contribution in [0, 0.1) is 0 Å². The molecule has 0 aliphatic heterocycles. The summed E-state index contributed by atoms with van der Waals surface area (Å²) in [7, 11) is 0. The molecule has 23 heavy (non-hydrogen) atoms. The van der Waals surface area contributed by atoms with Crippen LogP contribution in [0.15, 0.2) is 63.9 Å². The van der Waals surface area contributed by atoms with Crippen molar-refractivity contribution in [3.63, 3.8) is 0 Å². The van der Waals surface area contributed by atoms with E-state index in [1.807, 2.05) is 42.5 Å². The molecule has 3 aromatic rings. The van der Waals surface area contributed by atoms with Gasteiger partial charge in [0, 0.05) is 16.2 Å². The van der Waals surface area contributed by atoms with E-state index in [0.29, 0.717) is 27.9 Å². The summed E-state index contributed by atoms with van der Waals surface area (Å²) < 4.78 is 5.41. The molecule has 1 heterocycles. The van der Waals surface area contributed by atoms with Crippen LogP contribution in [0.5, 0.6) is 0 Å². The highest BCUT2D eigenvalue weighted by atomic mass is 35.5. The predicted molar refractivity (Wildman–Crippen MR) is 95.6 cm³/mol. The monoisotopic (exact) mass is 362 g/mol. The first-order valence-electron chi connectivity index (χ1n) is 6.88. The van der Waals surface area contributed by atoms with Crippen molar-refractivity contribution in [2.24, 2.45) is 0 Å². The second-order valence-electron chi connectivity index (χ2n) is 4.88. The molecule has 0 saturated carbocycles. The second-order valence-corrected chi connectivity index (χ2v) is 6.74. The zero-order valence-electron chi connectivity index (χ0n) is 12.0. The van der Waals surface area contributed by atoms with Crippen LogP contribution in [0.1, 0.15) is 16.1 Å². The normalized spacial score (nSPS) is 10.7. The molecule has 0 bridgehead atoms. The van der Waals surface area contributed by atoms with Gasteiger partial charge in [-0.1, -0.05) is 41.4 Å². The minimum absolute atomic E-state index is 0.332. The van der Waals surface area contributed by atoms with Crippen LogP contribution in [0.25, 0.3) is 11.3 Å². The van der Waals surface area contributed by atoms with Gasteiger partial charge in [-0.3, -0.25) is 4.79 Å². The van der Waals surface area contributed by atoms with Crippen LogP contribution in [0.3, 0.4) is 0 Å². The summed E-state index contributed by atoms with van der Waals surface area (Å²) in [5.74, 6) is 1.83. The smallest absolute Gasteiger partial charge is 0.185 e. The average Bonchev–Trinajstić information content (AvgIpc) is 3.05. The van der Waals surface area contributed by atoms with Gasteiger partial charge in [-0.2, -0.15) is 0 Å². The fourth-order valence-electron chi connectivity index (χ4n) is 2.08. The van der Waals surface area contributed by atoms with Gasteiger partial charge in [-0.25, -0.2) is 0 Å². The highest BCUT2D eigenvalue weighted by molar-refractivity contribution is 7.98. The van der Waals surface area contributed by atoms with Crippen molar-refractivity contribution in [2.45, 2.75) is 10.6 Å². The molecule has 0 fully saturated rings. The molecule has 0 aliphatic carbocycles. The third-order valence-corrected chi connectivity index (χ3v) is 5.09. The summed E-state index contributed by atoms with van der Waals surface area (Å²) in [5, 5.41) is 1.14. The minimum Gasteiger partial charge on any atom is -0.453 e. The minimum atomic E-state index is 0.332. The molecular formula is C18H12Cl2O2S. The Hall–Kier alpha value is -1.68. The number of halogens is 2. The first-order valence-corrected chi connectivity index (χ1v) is 8.62. The van der Waals surface area contributed by atoms with Crippen molar-refractivity contribution in [3.05, 3.63) is 76.0 Å². The number of hydrogen-bond donors (Lipinski definition) is 0. The van der Waals surface area contributed by atoms with Crippen LogP contribution < -0.4 is 0 Å². The first-order chi connectivity index (χ1) is 11.2. The summed E-state index contributed by atoms with van der Waals surface area (Å²) >= 11 is 13.7. The number of thioether (sulfide) groups is 1. The summed E-state index contributed by atoms with van der Waals surface area (Å²) in [6, 6.07) is 17.1. The van der Waals surface area contributed by atoms with Crippen LogP contribution in [-0.2, 0) is 5.75 Å². The van der Waals surface area contributed by atoms with E-state index < -0.39 is 0 Å². The van der Waals surface area contributed by atoms with Crippen LogP contribution in [0.2, 0.25) is 10.0 Å². The van der Waals surface area contributed by atoms with Crippen molar-refractivity contribution in [2.75, 3.05) is 0 Å². The predicted octanol–water partition coefficient (Wildman–Crippen LogP) is 6.36. The van der Waals surface area contributed by atoms with Gasteiger partial charge in [0.2, 0.25) is 0 Å². The van der Waals surface area contributed by atoms with E-state index >= 15 is 0 Å². The lowest BCUT2D eigenvalue weighted by Crippen LogP contribution is -1.82. The highest BCUT2D eigenvalue weighted by Crippen LogP contribution is 2.29. The zero-order valence-corrected chi connectivity index (χ0v) is 14.3. The fraction of sp³-hybridized carbons (Fsp3) is 0.0556. The maximum atomic E-state index is 10.7. The molecule has 0 aliphatic rings. The Morgan fingerprint density at radius 3 is 2.39 bits per heavy atom. The lowest BCUT2D eigenvalue weighted by atomic mass is 10.2. The van der Waals surface area contributed by atoms with E-state index in [0.717, 1.165) is 21.8 Å². The quantitative estimate of drug-likeness (QED) is 0.390. The van der Waals surface area contributed by atoms with Crippen molar-refractivity contribution < 1.29 is 9.21 Å². The lowest BCUT2D eigenvalue weighted by molar-refractivity contribution is 0.110. The Balaban J connectivity index is 1.67. The summed E-state index contributed by atoms with van der Waals surface area (Å²) in [5.41, 5.74) is 2.06. The van der Waals surface area contributed by atoms with Crippen LogP contribution >= 0.6 is 35.0 Å². The number of aldehydes is 1. The molecule has 5 heteroatoms. The SMILES string of the molecule is O=Cc1ccc(-c2ccc(SCc3ccc(Cl)c(Cl)c3)cc2)o1. The van der Waals surface area contributed by atoms with Gasteiger partial charge in [0.25, 0.3) is 0 Å². The average molecular weight is 363 g/mol. The van der Waals surface area contributed by atoms with Crippen molar-refractivity contribution >= 4 is 41.2 Å². The molecular weight excluding hydrogens is 351 g/mol. The summed E-state index contributed by atoms with van der Waals surface area (Å²) in [6.07, 6.45) is 0.699. The Morgan fingerprint density at radius 1 is 0.957 bits per heavy atom. The number of carbonyl (C=O) groups excluding carboxylic acids is 1. The van der Waals surface area contributed by atoms with Gasteiger partial charge in [0.15, 0.2) is 12.0 Å². The number of hydrogen-bond acceptors (Lipinski definition) is 3. The molecule has 2 aromatic carbocycles. The van der Waals surface area contributed by atoms with E-state index in [9.17, 15) is 4.79 Å². The standard InChI is InChI=1S/C18H12Cl2O2S/c19-16-7-1-12(9-17(16)20)11-23-15-5-2-13(3-6-15)18-8-4-14(10-21)22-18/h1-10H,11H2. The summed E-state index contributed by atoms with van der Waals surface area (Å²) in [4.78, 5) is 11.8. The molecule has 0 amide bonds. The number of rotatable bonds is 5. The van der Waals surface area contributed by atoms with E-state index in [2.05, 4.69) is 0 Å². The van der Waals surface area contributed by atoms with Crippen molar-refractivity contribution in [1.29, 1.82) is 0 Å². The molecule has 0 unspecified atom stereocenters. The molecule has 0 N–H and O–H groups in total. The van der Waals surface area contributed by atoms with E-state index in [-0.39, 0.29) is 0 Å². The maximum absolute atomic E-state index is 10.7. The maximum Gasteiger partial charge on any atom is 0.185 e. The van der Waals surface area contributed by atoms with Gasteiger partial charge in [-0.05, 0) is 42.0 Å². The number of furan rings is 1. The van der Waals surface area contributed by atoms with Gasteiger partial charge < -0.3 is 4.42 Å². The molecule has 0 spiro atoms. The van der Waals surface area contributed by atoms with Gasteiger partial charge in [0.1, 0.15) is 5.76 Å². The second kappa shape index (κ2) is 7.26. The Kier molecular flexibility index (Phi) is 5.11. The molecule has 1 aromatic heterocycles. The van der Waals surface area contributed by atoms with E-state index in [4.69, 9.17) is 27.6 Å². The van der Waals surface area contributed by atoms with Gasteiger partial charge >= 0.3 is 0 Å². The molecule has 3 rings (SSSR count). The number of benzene rings is 2. The Labute approximate surface area is 148 Å². The highest BCUT2D eigenvalue weighted by Gasteiger charge is 2.05. The van der Waals surface area contributed by atoms with Crippen molar-refractivity contribution in [3.8, 4) is 11.3 Å². The Morgan fingerprint density at radius 2 is 1.74 bits per heavy atom. The molecule has 2 nitrogen and oxygen atoms in total. The zero-order chi connectivity index (χ0) is 16.2. The van der Waals surface area contributed by atoms with Gasteiger partial charge in [0.05, 0.1) is 10.0 Å². The molecule has 0 saturated heterocycles.